The Kier molecular flexibility index (Phi) is 3.40. The lowest BCUT2D eigenvalue weighted by Crippen LogP contribution is -2.27. The number of halogens is 1. The molecule has 0 bridgehead atoms. The van der Waals surface area contributed by atoms with E-state index in [1.165, 1.54) is 0 Å². The van der Waals surface area contributed by atoms with E-state index in [0.29, 0.717) is 11.6 Å². The number of aromatic nitrogens is 2. The molecule has 18 heavy (non-hydrogen) atoms. The Morgan fingerprint density at radius 2 is 2.00 bits per heavy atom. The van der Waals surface area contributed by atoms with Gasteiger partial charge in [0.15, 0.2) is 5.82 Å². The van der Waals surface area contributed by atoms with Crippen LogP contribution < -0.4 is 5.73 Å². The van der Waals surface area contributed by atoms with Crippen LogP contribution >= 0.6 is 15.9 Å². The van der Waals surface area contributed by atoms with Gasteiger partial charge in [0.25, 0.3) is 0 Å². The van der Waals surface area contributed by atoms with Gasteiger partial charge in [0.1, 0.15) is 11.4 Å². The van der Waals surface area contributed by atoms with Crippen molar-refractivity contribution in [3.8, 4) is 0 Å². The summed E-state index contributed by atoms with van der Waals surface area (Å²) in [6.07, 6.45) is 1.98. The van der Waals surface area contributed by atoms with Crippen molar-refractivity contribution in [2.45, 2.75) is 51.6 Å². The summed E-state index contributed by atoms with van der Waals surface area (Å²) in [6.45, 7) is 9.14. The Morgan fingerprint density at radius 3 is 2.50 bits per heavy atom. The van der Waals surface area contributed by atoms with Crippen molar-refractivity contribution in [3.63, 3.8) is 0 Å². The standard InChI is InChI=1S/C13H20BrN3O/c1-12(2,3)9-8(14)10(15)17-11(16-9)13(4)6-5-7-18-13/h5-7H2,1-4H3,(H2,15,16,17). The Bertz CT molecular complexity index is 462. The van der Waals surface area contributed by atoms with Crippen molar-refractivity contribution >= 4 is 21.7 Å². The lowest BCUT2D eigenvalue weighted by atomic mass is 9.91. The van der Waals surface area contributed by atoms with Gasteiger partial charge in [-0.3, -0.25) is 0 Å². The number of rotatable bonds is 1. The summed E-state index contributed by atoms with van der Waals surface area (Å²) < 4.78 is 6.59. The van der Waals surface area contributed by atoms with Gasteiger partial charge in [-0.15, -0.1) is 0 Å². The van der Waals surface area contributed by atoms with E-state index in [1.807, 2.05) is 6.92 Å². The van der Waals surface area contributed by atoms with Gasteiger partial charge >= 0.3 is 0 Å². The highest BCUT2D eigenvalue weighted by molar-refractivity contribution is 9.10. The molecule has 4 nitrogen and oxygen atoms in total. The Labute approximate surface area is 116 Å². The zero-order chi connectivity index (χ0) is 13.6. The van der Waals surface area contributed by atoms with Crippen molar-refractivity contribution in [2.24, 2.45) is 0 Å². The third kappa shape index (κ3) is 2.38. The lowest BCUT2D eigenvalue weighted by molar-refractivity contribution is 0.00911. The van der Waals surface area contributed by atoms with Gasteiger partial charge in [-0.25, -0.2) is 9.97 Å². The van der Waals surface area contributed by atoms with E-state index in [0.717, 1.165) is 29.6 Å². The molecule has 1 aliphatic rings. The van der Waals surface area contributed by atoms with Crippen LogP contribution in [0.1, 0.15) is 52.1 Å². The average Bonchev–Trinajstić information content (AvgIpc) is 2.68. The van der Waals surface area contributed by atoms with E-state index in [9.17, 15) is 0 Å². The van der Waals surface area contributed by atoms with Gasteiger partial charge in [0.2, 0.25) is 0 Å². The van der Waals surface area contributed by atoms with Gasteiger partial charge in [0, 0.05) is 12.0 Å². The number of ether oxygens (including phenoxy) is 1. The van der Waals surface area contributed by atoms with Crippen LogP contribution in [-0.4, -0.2) is 16.6 Å². The summed E-state index contributed by atoms with van der Waals surface area (Å²) in [5.74, 6) is 1.19. The van der Waals surface area contributed by atoms with Crippen LogP contribution in [0, 0.1) is 0 Å². The van der Waals surface area contributed by atoms with Crippen LogP contribution in [0.4, 0.5) is 5.82 Å². The first-order chi connectivity index (χ1) is 8.24. The average molecular weight is 314 g/mol. The molecular weight excluding hydrogens is 294 g/mol. The molecule has 1 fully saturated rings. The van der Waals surface area contributed by atoms with Gasteiger partial charge in [-0.1, -0.05) is 20.8 Å². The first kappa shape index (κ1) is 13.7. The molecule has 1 aromatic heterocycles. The molecule has 1 aromatic rings. The molecule has 0 amide bonds. The number of nitrogen functional groups attached to an aromatic ring is 1. The molecule has 100 valence electrons. The van der Waals surface area contributed by atoms with Crippen LogP contribution in [0.25, 0.3) is 0 Å². The van der Waals surface area contributed by atoms with E-state index in [4.69, 9.17) is 15.5 Å². The van der Waals surface area contributed by atoms with Crippen molar-refractivity contribution in [3.05, 3.63) is 16.0 Å². The SMILES string of the molecule is CC(C)(C)c1nc(C2(C)CCCO2)nc(N)c1Br. The van der Waals surface area contributed by atoms with Crippen LogP contribution in [0.15, 0.2) is 4.47 Å². The van der Waals surface area contributed by atoms with E-state index in [-0.39, 0.29) is 5.41 Å². The van der Waals surface area contributed by atoms with Gasteiger partial charge in [-0.2, -0.15) is 0 Å². The number of hydrogen-bond donors (Lipinski definition) is 1. The summed E-state index contributed by atoms with van der Waals surface area (Å²) in [7, 11) is 0. The molecule has 1 unspecified atom stereocenters. The third-order valence-corrected chi connectivity index (χ3v) is 4.06. The molecular formula is C13H20BrN3O. The van der Waals surface area contributed by atoms with E-state index >= 15 is 0 Å². The summed E-state index contributed by atoms with van der Waals surface area (Å²) in [4.78, 5) is 9.09. The van der Waals surface area contributed by atoms with Crippen molar-refractivity contribution in [2.75, 3.05) is 12.3 Å². The fraction of sp³-hybridized carbons (Fsp3) is 0.692. The number of nitrogens with two attached hydrogens (primary N) is 1. The maximum atomic E-state index is 5.99. The van der Waals surface area contributed by atoms with E-state index in [2.05, 4.69) is 41.7 Å². The Hall–Kier alpha value is -0.680. The number of anilines is 1. The molecule has 0 aromatic carbocycles. The predicted molar refractivity (Wildman–Crippen MR) is 75.4 cm³/mol. The second-order valence-electron chi connectivity index (χ2n) is 6.03. The molecule has 0 radical (unpaired) electrons. The second kappa shape index (κ2) is 4.46. The van der Waals surface area contributed by atoms with Crippen molar-refractivity contribution < 1.29 is 4.74 Å². The second-order valence-corrected chi connectivity index (χ2v) is 6.82. The minimum absolute atomic E-state index is 0.0837. The number of nitrogens with zero attached hydrogens (tertiary/aromatic N) is 2. The fourth-order valence-electron chi connectivity index (χ4n) is 2.15. The molecule has 0 aliphatic carbocycles. The summed E-state index contributed by atoms with van der Waals surface area (Å²) in [6, 6.07) is 0. The monoisotopic (exact) mass is 313 g/mol. The Balaban J connectivity index is 2.54. The van der Waals surface area contributed by atoms with Crippen LogP contribution in [0.3, 0.4) is 0 Å². The highest BCUT2D eigenvalue weighted by Gasteiger charge is 2.36. The molecule has 0 spiro atoms. The quantitative estimate of drug-likeness (QED) is 0.865. The summed E-state index contributed by atoms with van der Waals surface area (Å²) >= 11 is 3.49. The maximum absolute atomic E-state index is 5.99. The molecule has 2 rings (SSSR count). The van der Waals surface area contributed by atoms with Crippen molar-refractivity contribution in [1.29, 1.82) is 0 Å². The van der Waals surface area contributed by atoms with Crippen LogP contribution in [-0.2, 0) is 15.8 Å². The predicted octanol–water partition coefficient (Wildman–Crippen LogP) is 3.14. The highest BCUT2D eigenvalue weighted by atomic mass is 79.9. The zero-order valence-corrected chi connectivity index (χ0v) is 13.0. The lowest BCUT2D eigenvalue weighted by Gasteiger charge is -2.26. The van der Waals surface area contributed by atoms with Gasteiger partial charge < -0.3 is 10.5 Å². The van der Waals surface area contributed by atoms with Gasteiger partial charge in [-0.05, 0) is 35.7 Å². The highest BCUT2D eigenvalue weighted by Crippen LogP contribution is 2.37. The molecule has 0 saturated carbocycles. The number of hydrogen-bond acceptors (Lipinski definition) is 4. The van der Waals surface area contributed by atoms with Crippen LogP contribution in [0.2, 0.25) is 0 Å². The first-order valence-corrected chi connectivity index (χ1v) is 7.01. The molecule has 1 aliphatic heterocycles. The minimum atomic E-state index is -0.394. The summed E-state index contributed by atoms with van der Waals surface area (Å²) in [5, 5.41) is 0. The van der Waals surface area contributed by atoms with E-state index < -0.39 is 5.60 Å². The van der Waals surface area contributed by atoms with Gasteiger partial charge in [0.05, 0.1) is 10.2 Å². The topological polar surface area (TPSA) is 61.0 Å². The smallest absolute Gasteiger partial charge is 0.162 e. The largest absolute Gasteiger partial charge is 0.383 e. The molecule has 1 atom stereocenters. The molecule has 2 heterocycles. The molecule has 2 N–H and O–H groups in total. The van der Waals surface area contributed by atoms with Crippen LogP contribution in [0.5, 0.6) is 0 Å². The van der Waals surface area contributed by atoms with Crippen molar-refractivity contribution in [1.82, 2.24) is 9.97 Å². The fourth-order valence-corrected chi connectivity index (χ4v) is 2.93. The Morgan fingerprint density at radius 1 is 1.33 bits per heavy atom. The zero-order valence-electron chi connectivity index (χ0n) is 11.4. The molecule has 5 heteroatoms. The normalized spacial score (nSPS) is 24.5. The first-order valence-electron chi connectivity index (χ1n) is 6.22. The third-order valence-electron chi connectivity index (χ3n) is 3.28. The minimum Gasteiger partial charge on any atom is -0.383 e. The maximum Gasteiger partial charge on any atom is 0.162 e. The molecule has 1 saturated heterocycles. The van der Waals surface area contributed by atoms with E-state index in [1.54, 1.807) is 0 Å². The summed E-state index contributed by atoms with van der Waals surface area (Å²) in [5.41, 5.74) is 6.45.